The van der Waals surface area contributed by atoms with Crippen LogP contribution in [0.25, 0.3) is 0 Å². The van der Waals surface area contributed by atoms with Crippen LogP contribution in [0, 0.1) is 0 Å². The van der Waals surface area contributed by atoms with Crippen molar-refractivity contribution in [1.82, 2.24) is 0 Å². The molecule has 90 valence electrons. The fourth-order valence-corrected chi connectivity index (χ4v) is 2.21. The molecule has 0 radical (unpaired) electrons. The van der Waals surface area contributed by atoms with E-state index >= 15 is 0 Å². The third kappa shape index (κ3) is 1.83. The van der Waals surface area contributed by atoms with Crippen LogP contribution in [0.15, 0.2) is 24.0 Å². The Bertz CT molecular complexity index is 484. The first-order chi connectivity index (χ1) is 8.25. The second-order valence-electron chi connectivity index (χ2n) is 3.88. The van der Waals surface area contributed by atoms with Crippen molar-refractivity contribution in [2.24, 2.45) is 0 Å². The number of hydrogen-bond donors (Lipinski definition) is 1. The summed E-state index contributed by atoms with van der Waals surface area (Å²) in [7, 11) is 0. The average Bonchev–Trinajstić information content (AvgIpc) is 2.98. The summed E-state index contributed by atoms with van der Waals surface area (Å²) in [5.74, 6) is 1.66. The zero-order chi connectivity index (χ0) is 11.8. The van der Waals surface area contributed by atoms with E-state index in [2.05, 4.69) is 0 Å². The number of fused-ring (bicyclic) bond motifs is 1. The summed E-state index contributed by atoms with van der Waals surface area (Å²) in [6.07, 6.45) is 1.90. The molecule has 4 nitrogen and oxygen atoms in total. The van der Waals surface area contributed by atoms with Gasteiger partial charge < -0.3 is 19.3 Å². The van der Waals surface area contributed by atoms with Crippen molar-refractivity contribution in [1.29, 1.82) is 0 Å². The minimum absolute atomic E-state index is 0.161. The molecule has 0 amide bonds. The Balaban J connectivity index is 1.95. The highest BCUT2D eigenvalue weighted by Crippen LogP contribution is 2.42. The van der Waals surface area contributed by atoms with Crippen LogP contribution in [0.3, 0.4) is 0 Å². The number of ether oxygens (including phenoxy) is 3. The minimum Gasteiger partial charge on any atom is -0.495 e. The van der Waals surface area contributed by atoms with Crippen LogP contribution < -0.4 is 9.47 Å². The van der Waals surface area contributed by atoms with Gasteiger partial charge in [-0.05, 0) is 23.8 Å². The number of aliphatic hydroxyl groups is 1. The molecular formula is C12H11ClO4. The van der Waals surface area contributed by atoms with Crippen LogP contribution in [-0.2, 0) is 4.74 Å². The molecule has 17 heavy (non-hydrogen) atoms. The highest BCUT2D eigenvalue weighted by Gasteiger charge is 2.24. The Morgan fingerprint density at radius 3 is 2.88 bits per heavy atom. The van der Waals surface area contributed by atoms with E-state index in [4.69, 9.17) is 25.8 Å². The van der Waals surface area contributed by atoms with Gasteiger partial charge in [0.15, 0.2) is 11.5 Å². The standard InChI is InChI=1S/C12H11ClO4/c13-8-4-7(5-10-12(8)17-6-16-10)11(14)9-2-1-3-15-9/h2,4-5,11,14H,1,3,6H2. The van der Waals surface area contributed by atoms with Crippen LogP contribution in [0.5, 0.6) is 11.5 Å². The third-order valence-corrected chi connectivity index (χ3v) is 3.05. The van der Waals surface area contributed by atoms with Crippen LogP contribution in [-0.4, -0.2) is 18.5 Å². The van der Waals surface area contributed by atoms with Gasteiger partial charge in [0.05, 0.1) is 11.6 Å². The molecule has 0 fully saturated rings. The van der Waals surface area contributed by atoms with Gasteiger partial charge in [-0.25, -0.2) is 0 Å². The molecule has 0 aliphatic carbocycles. The molecule has 1 atom stereocenters. The van der Waals surface area contributed by atoms with Crippen LogP contribution in [0.1, 0.15) is 18.1 Å². The normalized spacial score (nSPS) is 18.8. The van der Waals surface area contributed by atoms with Crippen molar-refractivity contribution in [2.45, 2.75) is 12.5 Å². The summed E-state index contributed by atoms with van der Waals surface area (Å²) in [6, 6.07) is 3.39. The van der Waals surface area contributed by atoms with E-state index in [9.17, 15) is 5.11 Å². The zero-order valence-corrected chi connectivity index (χ0v) is 9.74. The molecule has 5 heteroatoms. The number of halogens is 1. The fourth-order valence-electron chi connectivity index (χ4n) is 1.94. The molecular weight excluding hydrogens is 244 g/mol. The summed E-state index contributed by atoms with van der Waals surface area (Å²) in [6.45, 7) is 0.776. The zero-order valence-electron chi connectivity index (χ0n) is 8.98. The molecule has 2 aliphatic heterocycles. The van der Waals surface area contributed by atoms with Gasteiger partial charge in [0.2, 0.25) is 6.79 Å². The predicted molar refractivity (Wildman–Crippen MR) is 61.2 cm³/mol. The highest BCUT2D eigenvalue weighted by atomic mass is 35.5. The maximum Gasteiger partial charge on any atom is 0.231 e. The van der Waals surface area contributed by atoms with Crippen LogP contribution >= 0.6 is 11.6 Å². The molecule has 0 aromatic heterocycles. The van der Waals surface area contributed by atoms with Gasteiger partial charge in [-0.2, -0.15) is 0 Å². The molecule has 1 aromatic carbocycles. The monoisotopic (exact) mass is 254 g/mol. The number of aliphatic hydroxyl groups excluding tert-OH is 1. The van der Waals surface area contributed by atoms with Crippen molar-refractivity contribution < 1.29 is 19.3 Å². The number of benzene rings is 1. The summed E-state index contributed by atoms with van der Waals surface area (Å²) < 4.78 is 15.8. The van der Waals surface area contributed by atoms with Crippen molar-refractivity contribution in [3.05, 3.63) is 34.6 Å². The fraction of sp³-hybridized carbons (Fsp3) is 0.333. The first-order valence-electron chi connectivity index (χ1n) is 5.35. The lowest BCUT2D eigenvalue weighted by atomic mass is 10.1. The van der Waals surface area contributed by atoms with Crippen molar-refractivity contribution in [2.75, 3.05) is 13.4 Å². The van der Waals surface area contributed by atoms with Gasteiger partial charge in [-0.1, -0.05) is 11.6 Å². The van der Waals surface area contributed by atoms with E-state index in [-0.39, 0.29) is 6.79 Å². The Labute approximate surface area is 103 Å². The molecule has 0 saturated carbocycles. The van der Waals surface area contributed by atoms with E-state index in [0.717, 1.165) is 6.42 Å². The Morgan fingerprint density at radius 2 is 2.12 bits per heavy atom. The lowest BCUT2D eigenvalue weighted by molar-refractivity contribution is 0.118. The van der Waals surface area contributed by atoms with Gasteiger partial charge >= 0.3 is 0 Å². The van der Waals surface area contributed by atoms with Crippen LogP contribution in [0.4, 0.5) is 0 Å². The molecule has 2 aliphatic rings. The maximum atomic E-state index is 10.1. The summed E-state index contributed by atoms with van der Waals surface area (Å²) in [4.78, 5) is 0. The SMILES string of the molecule is OC(C1=CCCO1)c1cc(Cl)c2c(c1)OCO2. The molecule has 2 heterocycles. The lowest BCUT2D eigenvalue weighted by Crippen LogP contribution is -2.02. The molecule has 1 aromatic rings. The van der Waals surface area contributed by atoms with Gasteiger partial charge in [0.25, 0.3) is 0 Å². The first-order valence-corrected chi connectivity index (χ1v) is 5.73. The molecule has 0 saturated heterocycles. The molecule has 0 spiro atoms. The quantitative estimate of drug-likeness (QED) is 0.881. The summed E-state index contributed by atoms with van der Waals surface area (Å²) >= 11 is 6.05. The van der Waals surface area contributed by atoms with Crippen molar-refractivity contribution in [3.8, 4) is 11.5 Å². The third-order valence-electron chi connectivity index (χ3n) is 2.77. The van der Waals surface area contributed by atoms with Gasteiger partial charge in [-0.3, -0.25) is 0 Å². The van der Waals surface area contributed by atoms with E-state index in [0.29, 0.717) is 34.5 Å². The predicted octanol–water partition coefficient (Wildman–Crippen LogP) is 2.41. The maximum absolute atomic E-state index is 10.1. The van der Waals surface area contributed by atoms with E-state index in [1.807, 2.05) is 6.08 Å². The van der Waals surface area contributed by atoms with Gasteiger partial charge in [-0.15, -0.1) is 0 Å². The Hall–Kier alpha value is -1.39. The summed E-state index contributed by atoms with van der Waals surface area (Å²) in [5.41, 5.74) is 0.646. The highest BCUT2D eigenvalue weighted by molar-refractivity contribution is 6.32. The minimum atomic E-state index is -0.801. The van der Waals surface area contributed by atoms with Gasteiger partial charge in [0, 0.05) is 6.42 Å². The van der Waals surface area contributed by atoms with E-state index in [1.165, 1.54) is 0 Å². The van der Waals surface area contributed by atoms with E-state index < -0.39 is 6.10 Å². The smallest absolute Gasteiger partial charge is 0.231 e. The van der Waals surface area contributed by atoms with Crippen LogP contribution in [0.2, 0.25) is 5.02 Å². The largest absolute Gasteiger partial charge is 0.495 e. The number of hydrogen-bond acceptors (Lipinski definition) is 4. The second kappa shape index (κ2) is 4.13. The lowest BCUT2D eigenvalue weighted by Gasteiger charge is -2.13. The summed E-state index contributed by atoms with van der Waals surface area (Å²) in [5, 5.41) is 10.6. The first kappa shape index (κ1) is 10.7. The molecule has 0 bridgehead atoms. The second-order valence-corrected chi connectivity index (χ2v) is 4.29. The van der Waals surface area contributed by atoms with E-state index in [1.54, 1.807) is 12.1 Å². The average molecular weight is 255 g/mol. The molecule has 1 unspecified atom stereocenters. The van der Waals surface area contributed by atoms with Crippen molar-refractivity contribution in [3.63, 3.8) is 0 Å². The Kier molecular flexibility index (Phi) is 2.61. The topological polar surface area (TPSA) is 47.9 Å². The molecule has 3 rings (SSSR count). The number of rotatable bonds is 2. The Morgan fingerprint density at radius 1 is 1.24 bits per heavy atom. The molecule has 1 N–H and O–H groups in total. The van der Waals surface area contributed by atoms with Gasteiger partial charge in [0.1, 0.15) is 11.9 Å². The van der Waals surface area contributed by atoms with Crippen molar-refractivity contribution >= 4 is 11.6 Å².